The van der Waals surface area contributed by atoms with Crippen LogP contribution >= 0.6 is 23.2 Å². The number of halogens is 2. The van der Waals surface area contributed by atoms with Crippen molar-refractivity contribution in [3.05, 3.63) is 76.4 Å². The van der Waals surface area contributed by atoms with Crippen LogP contribution in [0.5, 0.6) is 0 Å². The molecule has 1 fully saturated rings. The van der Waals surface area contributed by atoms with E-state index in [0.29, 0.717) is 21.6 Å². The predicted molar refractivity (Wildman–Crippen MR) is 96.4 cm³/mol. The maximum atomic E-state index is 12.5. The second-order valence-electron chi connectivity index (χ2n) is 5.92. The zero-order valence-corrected chi connectivity index (χ0v) is 14.6. The molecule has 7 heteroatoms. The summed E-state index contributed by atoms with van der Waals surface area (Å²) >= 11 is 12.3. The number of benzene rings is 1. The highest BCUT2D eigenvalue weighted by molar-refractivity contribution is 6.42. The lowest BCUT2D eigenvalue weighted by atomic mass is 10.1. The fourth-order valence-electron chi connectivity index (χ4n) is 2.84. The molecular formula is C18H14Cl2N4O. The average molecular weight is 373 g/mol. The van der Waals surface area contributed by atoms with Crippen molar-refractivity contribution < 1.29 is 4.79 Å². The Morgan fingerprint density at radius 1 is 1.20 bits per heavy atom. The van der Waals surface area contributed by atoms with Crippen LogP contribution in [0.2, 0.25) is 10.0 Å². The van der Waals surface area contributed by atoms with Gasteiger partial charge in [0.05, 0.1) is 10.0 Å². The van der Waals surface area contributed by atoms with E-state index < -0.39 is 0 Å². The lowest BCUT2D eigenvalue weighted by Crippen LogP contribution is -2.27. The Bertz CT molecular complexity index is 927. The molecule has 1 aliphatic carbocycles. The maximum absolute atomic E-state index is 12.5. The smallest absolute Gasteiger partial charge is 0.270 e. The summed E-state index contributed by atoms with van der Waals surface area (Å²) in [6.07, 6.45) is 5.93. The second kappa shape index (κ2) is 6.50. The number of aromatic nitrogens is 3. The van der Waals surface area contributed by atoms with E-state index in [4.69, 9.17) is 23.2 Å². The Hall–Kier alpha value is -2.37. The fourth-order valence-corrected chi connectivity index (χ4v) is 3.28. The van der Waals surface area contributed by atoms with Gasteiger partial charge in [0.25, 0.3) is 5.91 Å². The largest absolute Gasteiger partial charge is 0.347 e. The van der Waals surface area contributed by atoms with Gasteiger partial charge in [0.1, 0.15) is 17.8 Å². The first-order chi connectivity index (χ1) is 12.1. The summed E-state index contributed by atoms with van der Waals surface area (Å²) in [5, 5.41) is 4.10. The maximum Gasteiger partial charge on any atom is 0.270 e. The Labute approximate surface area is 154 Å². The van der Waals surface area contributed by atoms with Gasteiger partial charge in [0, 0.05) is 24.4 Å². The van der Waals surface area contributed by atoms with E-state index in [9.17, 15) is 4.79 Å². The minimum absolute atomic E-state index is 0.0437. The van der Waals surface area contributed by atoms with Crippen molar-refractivity contribution in [1.29, 1.82) is 0 Å². The Morgan fingerprint density at radius 2 is 2.04 bits per heavy atom. The van der Waals surface area contributed by atoms with Crippen molar-refractivity contribution in [2.24, 2.45) is 0 Å². The number of pyridine rings is 1. The van der Waals surface area contributed by atoms with Crippen molar-refractivity contribution >= 4 is 29.1 Å². The number of carbonyl (C=O) groups excluding carboxylic acids is 1. The minimum atomic E-state index is -0.201. The van der Waals surface area contributed by atoms with Crippen molar-refractivity contribution in [3.8, 4) is 5.82 Å². The summed E-state index contributed by atoms with van der Waals surface area (Å²) in [6.45, 7) is 0. The van der Waals surface area contributed by atoms with E-state index in [0.717, 1.165) is 12.0 Å². The topological polar surface area (TPSA) is 59.8 Å². The molecule has 2 heterocycles. The lowest BCUT2D eigenvalue weighted by molar-refractivity contribution is 0.0945. The van der Waals surface area contributed by atoms with Crippen LogP contribution in [0.1, 0.15) is 28.4 Å². The average Bonchev–Trinajstić information content (AvgIpc) is 3.15. The van der Waals surface area contributed by atoms with Gasteiger partial charge >= 0.3 is 0 Å². The van der Waals surface area contributed by atoms with Crippen LogP contribution in [0.15, 0.2) is 55.1 Å². The molecule has 1 saturated carbocycles. The molecule has 2 atom stereocenters. The number of amides is 1. The second-order valence-corrected chi connectivity index (χ2v) is 6.70. The van der Waals surface area contributed by atoms with Gasteiger partial charge in [-0.3, -0.25) is 9.36 Å². The first kappa shape index (κ1) is 16.1. The molecule has 5 nitrogen and oxygen atoms in total. The van der Waals surface area contributed by atoms with Gasteiger partial charge < -0.3 is 5.32 Å². The van der Waals surface area contributed by atoms with E-state index in [1.165, 1.54) is 0 Å². The monoisotopic (exact) mass is 372 g/mol. The normalized spacial score (nSPS) is 18.8. The molecule has 0 radical (unpaired) electrons. The van der Waals surface area contributed by atoms with Crippen molar-refractivity contribution in [2.75, 3.05) is 0 Å². The Balaban J connectivity index is 1.47. The first-order valence-corrected chi connectivity index (χ1v) is 8.59. The van der Waals surface area contributed by atoms with Crippen LogP contribution in [0.4, 0.5) is 0 Å². The highest BCUT2D eigenvalue weighted by Gasteiger charge is 2.41. The zero-order valence-electron chi connectivity index (χ0n) is 13.1. The van der Waals surface area contributed by atoms with Gasteiger partial charge in [0.15, 0.2) is 0 Å². The summed E-state index contributed by atoms with van der Waals surface area (Å²) < 4.78 is 1.75. The third-order valence-electron chi connectivity index (χ3n) is 4.22. The number of rotatable bonds is 4. The van der Waals surface area contributed by atoms with E-state index in [2.05, 4.69) is 15.3 Å². The van der Waals surface area contributed by atoms with Crippen LogP contribution in [-0.2, 0) is 0 Å². The summed E-state index contributed by atoms with van der Waals surface area (Å²) in [5.74, 6) is 0.634. The molecule has 0 spiro atoms. The van der Waals surface area contributed by atoms with Crippen LogP contribution in [-0.4, -0.2) is 26.5 Å². The van der Waals surface area contributed by atoms with Gasteiger partial charge in [-0.05, 0) is 30.2 Å². The molecule has 2 aromatic heterocycles. The van der Waals surface area contributed by atoms with Gasteiger partial charge in [-0.2, -0.15) is 0 Å². The SMILES string of the molecule is O=C(N[C@@H]1C[C@@H]1c1cccc(Cl)c1Cl)c1cccc(-n2ccnc2)n1. The molecule has 0 aliphatic heterocycles. The molecule has 1 N–H and O–H groups in total. The highest BCUT2D eigenvalue weighted by Crippen LogP contribution is 2.45. The first-order valence-electron chi connectivity index (χ1n) is 7.83. The fraction of sp³-hybridized carbons (Fsp3) is 0.167. The summed E-state index contributed by atoms with van der Waals surface area (Å²) in [6, 6.07) is 10.9. The van der Waals surface area contributed by atoms with Crippen LogP contribution in [0.3, 0.4) is 0 Å². The highest BCUT2D eigenvalue weighted by atomic mass is 35.5. The van der Waals surface area contributed by atoms with E-state index in [-0.39, 0.29) is 17.9 Å². The van der Waals surface area contributed by atoms with Crippen molar-refractivity contribution in [3.63, 3.8) is 0 Å². The molecule has 0 bridgehead atoms. The van der Waals surface area contributed by atoms with Crippen LogP contribution in [0, 0.1) is 0 Å². The number of nitrogens with one attached hydrogen (secondary N) is 1. The van der Waals surface area contributed by atoms with Gasteiger partial charge in [-0.25, -0.2) is 9.97 Å². The van der Waals surface area contributed by atoms with Crippen molar-refractivity contribution in [2.45, 2.75) is 18.4 Å². The molecule has 4 rings (SSSR count). The van der Waals surface area contributed by atoms with Gasteiger partial charge in [-0.1, -0.05) is 41.4 Å². The summed E-state index contributed by atoms with van der Waals surface area (Å²) in [5.41, 5.74) is 1.34. The van der Waals surface area contributed by atoms with Crippen LogP contribution < -0.4 is 5.32 Å². The quantitative estimate of drug-likeness (QED) is 0.756. The Morgan fingerprint density at radius 3 is 2.84 bits per heavy atom. The number of carbonyl (C=O) groups is 1. The Kier molecular flexibility index (Phi) is 4.19. The van der Waals surface area contributed by atoms with Gasteiger partial charge in [-0.15, -0.1) is 0 Å². The molecule has 1 aromatic carbocycles. The van der Waals surface area contributed by atoms with E-state index in [1.54, 1.807) is 41.5 Å². The molecule has 0 saturated heterocycles. The predicted octanol–water partition coefficient (Wildman–Crippen LogP) is 3.86. The minimum Gasteiger partial charge on any atom is -0.347 e. The van der Waals surface area contributed by atoms with E-state index in [1.807, 2.05) is 18.2 Å². The number of hydrogen-bond donors (Lipinski definition) is 1. The summed E-state index contributed by atoms with van der Waals surface area (Å²) in [7, 11) is 0. The lowest BCUT2D eigenvalue weighted by Gasteiger charge is -2.08. The number of imidazole rings is 1. The number of hydrogen-bond acceptors (Lipinski definition) is 3. The number of nitrogens with zero attached hydrogens (tertiary/aromatic N) is 3. The third-order valence-corrected chi connectivity index (χ3v) is 5.06. The van der Waals surface area contributed by atoms with Gasteiger partial charge in [0.2, 0.25) is 0 Å². The molecule has 1 amide bonds. The molecular weight excluding hydrogens is 359 g/mol. The van der Waals surface area contributed by atoms with Crippen molar-refractivity contribution in [1.82, 2.24) is 19.9 Å². The van der Waals surface area contributed by atoms with Crippen LogP contribution in [0.25, 0.3) is 5.82 Å². The molecule has 25 heavy (non-hydrogen) atoms. The zero-order chi connectivity index (χ0) is 17.4. The standard InChI is InChI=1S/C18H14Cl2N4O/c19-13-4-1-3-11(17(13)20)12-9-15(12)23-18(25)14-5-2-6-16(22-14)24-8-7-21-10-24/h1-8,10,12,15H,9H2,(H,23,25)/t12-,15-/m1/s1. The molecule has 126 valence electrons. The molecule has 1 aliphatic rings. The molecule has 3 aromatic rings. The third kappa shape index (κ3) is 3.25. The van der Waals surface area contributed by atoms with E-state index >= 15 is 0 Å². The molecule has 0 unspecified atom stereocenters. The summed E-state index contributed by atoms with van der Waals surface area (Å²) in [4.78, 5) is 20.9.